The molecule has 66 valence electrons. The van der Waals surface area contributed by atoms with Gasteiger partial charge in [-0.05, 0) is 18.1 Å². The molecule has 11 heavy (non-hydrogen) atoms. The Balaban J connectivity index is 4.22. The summed E-state index contributed by atoms with van der Waals surface area (Å²) >= 11 is 1.74. The third kappa shape index (κ3) is 3.80. The van der Waals surface area contributed by atoms with Gasteiger partial charge in [0.15, 0.2) is 0 Å². The van der Waals surface area contributed by atoms with Gasteiger partial charge in [0.05, 0.1) is 5.25 Å². The topological polar surface area (TPSA) is 17.1 Å². The second-order valence-corrected chi connectivity index (χ2v) is 5.19. The molecule has 0 amide bonds. The molecular weight excluding hydrogens is 156 g/mol. The first-order valence-corrected chi connectivity index (χ1v) is 5.06. The molecule has 2 heteroatoms. The minimum absolute atomic E-state index is 0.104. The number of carbonyl (C=O) groups excluding carboxylic acids is 1. The summed E-state index contributed by atoms with van der Waals surface area (Å²) in [5.41, 5.74) is 0.104. The van der Waals surface area contributed by atoms with Crippen LogP contribution in [0.4, 0.5) is 0 Å². The summed E-state index contributed by atoms with van der Waals surface area (Å²) in [6.45, 7) is 10.1. The quantitative estimate of drug-likeness (QED) is 0.654. The Morgan fingerprint density at radius 3 is 2.00 bits per heavy atom. The number of hydrogen-bond acceptors (Lipinski definition) is 2. The maximum absolute atomic E-state index is 11.2. The van der Waals surface area contributed by atoms with Crippen molar-refractivity contribution in [1.82, 2.24) is 0 Å². The molecule has 0 heterocycles. The van der Waals surface area contributed by atoms with Crippen molar-refractivity contribution < 1.29 is 4.79 Å². The van der Waals surface area contributed by atoms with E-state index in [4.69, 9.17) is 0 Å². The molecule has 1 atom stereocenters. The zero-order valence-corrected chi connectivity index (χ0v) is 8.92. The van der Waals surface area contributed by atoms with Crippen molar-refractivity contribution in [3.05, 3.63) is 0 Å². The fourth-order valence-electron chi connectivity index (χ4n) is 1.14. The average molecular weight is 174 g/mol. The summed E-state index contributed by atoms with van der Waals surface area (Å²) in [5, 5.41) is 0.160. The van der Waals surface area contributed by atoms with E-state index in [9.17, 15) is 4.79 Å². The van der Waals surface area contributed by atoms with E-state index in [1.165, 1.54) is 0 Å². The van der Waals surface area contributed by atoms with Gasteiger partial charge in [-0.2, -0.15) is 11.8 Å². The molecule has 0 N–H and O–H groups in total. The average Bonchev–Trinajstić information content (AvgIpc) is 1.79. The molecule has 1 unspecified atom stereocenters. The molecule has 0 spiro atoms. The number of thioether (sulfide) groups is 1. The minimum atomic E-state index is 0.104. The second kappa shape index (κ2) is 4.15. The van der Waals surface area contributed by atoms with Gasteiger partial charge < -0.3 is 0 Å². The van der Waals surface area contributed by atoms with Crippen molar-refractivity contribution >= 4 is 17.5 Å². The Morgan fingerprint density at radius 1 is 1.45 bits per heavy atom. The van der Waals surface area contributed by atoms with Crippen LogP contribution in [0.1, 0.15) is 34.6 Å². The van der Waals surface area contributed by atoms with Crippen LogP contribution in [0.15, 0.2) is 0 Å². The lowest BCUT2D eigenvalue weighted by Gasteiger charge is -2.27. The summed E-state index contributed by atoms with van der Waals surface area (Å²) in [7, 11) is 0. The highest BCUT2D eigenvalue weighted by Gasteiger charge is 2.27. The molecule has 1 nitrogen and oxygen atoms in total. The van der Waals surface area contributed by atoms with Crippen LogP contribution in [-0.2, 0) is 4.79 Å². The summed E-state index contributed by atoms with van der Waals surface area (Å²) in [4.78, 5) is 11.2. The van der Waals surface area contributed by atoms with Crippen molar-refractivity contribution in [2.24, 2.45) is 5.41 Å². The van der Waals surface area contributed by atoms with Gasteiger partial charge in [-0.3, -0.25) is 4.79 Å². The van der Waals surface area contributed by atoms with Crippen LogP contribution in [-0.4, -0.2) is 16.8 Å². The standard InChI is InChI=1S/C9H18OS/c1-6-11-8(7(2)10)9(3,4)5/h8H,6H2,1-5H3. The van der Waals surface area contributed by atoms with E-state index in [1.54, 1.807) is 18.7 Å². The number of rotatable bonds is 3. The van der Waals surface area contributed by atoms with Gasteiger partial charge in [0.25, 0.3) is 0 Å². The zero-order chi connectivity index (χ0) is 9.07. The van der Waals surface area contributed by atoms with E-state index in [0.717, 1.165) is 5.75 Å². The molecule has 0 aliphatic heterocycles. The van der Waals surface area contributed by atoms with Crippen molar-refractivity contribution in [2.75, 3.05) is 5.75 Å². The van der Waals surface area contributed by atoms with E-state index in [2.05, 4.69) is 27.7 Å². The van der Waals surface area contributed by atoms with Crippen LogP contribution in [0, 0.1) is 5.41 Å². The SMILES string of the molecule is CCSC(C(C)=O)C(C)(C)C. The molecule has 0 aliphatic carbocycles. The number of ketones is 1. The fourth-order valence-corrected chi connectivity index (χ4v) is 2.21. The van der Waals surface area contributed by atoms with E-state index < -0.39 is 0 Å². The summed E-state index contributed by atoms with van der Waals surface area (Å²) in [6.07, 6.45) is 0. The first-order valence-electron chi connectivity index (χ1n) is 4.01. The molecule has 0 aromatic rings. The normalized spacial score (nSPS) is 14.6. The van der Waals surface area contributed by atoms with Crippen LogP contribution >= 0.6 is 11.8 Å². The highest BCUT2D eigenvalue weighted by atomic mass is 32.2. The van der Waals surface area contributed by atoms with Crippen LogP contribution < -0.4 is 0 Å². The maximum Gasteiger partial charge on any atom is 0.143 e. The molecular formula is C9H18OS. The van der Waals surface area contributed by atoms with E-state index in [1.807, 2.05) is 0 Å². The van der Waals surface area contributed by atoms with Crippen LogP contribution in [0.2, 0.25) is 0 Å². The fraction of sp³-hybridized carbons (Fsp3) is 0.889. The van der Waals surface area contributed by atoms with Crippen molar-refractivity contribution in [1.29, 1.82) is 0 Å². The largest absolute Gasteiger partial charge is 0.299 e. The van der Waals surface area contributed by atoms with Gasteiger partial charge >= 0.3 is 0 Å². The number of hydrogen-bond donors (Lipinski definition) is 0. The molecule has 0 saturated carbocycles. The van der Waals surface area contributed by atoms with Gasteiger partial charge in [0.2, 0.25) is 0 Å². The van der Waals surface area contributed by atoms with E-state index in [-0.39, 0.29) is 10.7 Å². The Morgan fingerprint density at radius 2 is 1.91 bits per heavy atom. The van der Waals surface area contributed by atoms with Crippen molar-refractivity contribution in [3.63, 3.8) is 0 Å². The third-order valence-electron chi connectivity index (χ3n) is 1.49. The van der Waals surface area contributed by atoms with Crippen LogP contribution in [0.5, 0.6) is 0 Å². The molecule has 0 aromatic heterocycles. The summed E-state index contributed by atoms with van der Waals surface area (Å²) < 4.78 is 0. The van der Waals surface area contributed by atoms with Crippen molar-refractivity contribution in [3.8, 4) is 0 Å². The zero-order valence-electron chi connectivity index (χ0n) is 8.10. The van der Waals surface area contributed by atoms with Crippen LogP contribution in [0.25, 0.3) is 0 Å². The summed E-state index contributed by atoms with van der Waals surface area (Å²) in [6, 6.07) is 0. The Hall–Kier alpha value is 0.0200. The van der Waals surface area contributed by atoms with Gasteiger partial charge in [0, 0.05) is 0 Å². The number of carbonyl (C=O) groups is 1. The highest BCUT2D eigenvalue weighted by molar-refractivity contribution is 8.00. The lowest BCUT2D eigenvalue weighted by Crippen LogP contribution is -2.29. The van der Waals surface area contributed by atoms with Gasteiger partial charge in [-0.25, -0.2) is 0 Å². The molecule has 0 saturated heterocycles. The monoisotopic (exact) mass is 174 g/mol. The molecule has 0 radical (unpaired) electrons. The van der Waals surface area contributed by atoms with Gasteiger partial charge in [-0.15, -0.1) is 0 Å². The molecule has 0 aliphatic rings. The lowest BCUT2D eigenvalue weighted by atomic mass is 9.90. The van der Waals surface area contributed by atoms with Gasteiger partial charge in [-0.1, -0.05) is 27.7 Å². The van der Waals surface area contributed by atoms with E-state index in [0.29, 0.717) is 5.78 Å². The second-order valence-electron chi connectivity index (χ2n) is 3.81. The van der Waals surface area contributed by atoms with E-state index >= 15 is 0 Å². The Kier molecular flexibility index (Phi) is 4.16. The molecule has 0 aromatic carbocycles. The van der Waals surface area contributed by atoms with Crippen LogP contribution in [0.3, 0.4) is 0 Å². The minimum Gasteiger partial charge on any atom is -0.299 e. The predicted molar refractivity (Wildman–Crippen MR) is 52.1 cm³/mol. The van der Waals surface area contributed by atoms with Gasteiger partial charge in [0.1, 0.15) is 5.78 Å². The predicted octanol–water partition coefficient (Wildman–Crippen LogP) is 2.74. The summed E-state index contributed by atoms with van der Waals surface area (Å²) in [5.74, 6) is 1.31. The third-order valence-corrected chi connectivity index (χ3v) is 3.19. The first kappa shape index (κ1) is 11.0. The number of Topliss-reactive ketones (excluding diaryl/α,β-unsaturated/α-hetero) is 1. The molecule has 0 bridgehead atoms. The smallest absolute Gasteiger partial charge is 0.143 e. The maximum atomic E-state index is 11.2. The van der Waals surface area contributed by atoms with Crippen molar-refractivity contribution in [2.45, 2.75) is 39.9 Å². The lowest BCUT2D eigenvalue weighted by molar-refractivity contribution is -0.118. The first-order chi connectivity index (χ1) is 4.89. The molecule has 0 rings (SSSR count). The molecule has 0 fully saturated rings. The highest BCUT2D eigenvalue weighted by Crippen LogP contribution is 2.30. The Bertz CT molecular complexity index is 135. The Labute approximate surface area is 73.9 Å².